The number of aromatic nitrogens is 1. The van der Waals surface area contributed by atoms with Gasteiger partial charge in [0.1, 0.15) is 0 Å². The first-order valence-corrected chi connectivity index (χ1v) is 9.94. The van der Waals surface area contributed by atoms with Crippen LogP contribution in [-0.4, -0.2) is 48.8 Å². The van der Waals surface area contributed by atoms with Crippen LogP contribution in [-0.2, 0) is 16.1 Å². The lowest BCUT2D eigenvalue weighted by molar-refractivity contribution is -0.155. The Balaban J connectivity index is 1.37. The number of aryl methyl sites for hydroxylation is 1. The molecule has 128 valence electrons. The van der Waals surface area contributed by atoms with Crippen molar-refractivity contribution in [3.63, 3.8) is 0 Å². The van der Waals surface area contributed by atoms with E-state index in [0.717, 1.165) is 36.4 Å². The second-order valence-corrected chi connectivity index (χ2v) is 8.71. The molecule has 0 unspecified atom stereocenters. The normalized spacial score (nSPS) is 32.0. The number of ether oxygens (including phenoxy) is 2. The van der Waals surface area contributed by atoms with Crippen molar-refractivity contribution in [2.75, 3.05) is 32.8 Å². The van der Waals surface area contributed by atoms with Crippen LogP contribution in [0.5, 0.6) is 0 Å². The fraction of sp³-hybridized carbons (Fsp3) is 0.833. The van der Waals surface area contributed by atoms with Crippen molar-refractivity contribution in [2.45, 2.75) is 51.7 Å². The van der Waals surface area contributed by atoms with E-state index < -0.39 is 0 Å². The van der Waals surface area contributed by atoms with Gasteiger partial charge in [-0.25, -0.2) is 4.98 Å². The van der Waals surface area contributed by atoms with Gasteiger partial charge in [-0.2, -0.15) is 0 Å². The third kappa shape index (κ3) is 3.78. The lowest BCUT2D eigenvalue weighted by Gasteiger charge is -2.50. The summed E-state index contributed by atoms with van der Waals surface area (Å²) < 4.78 is 12.3. The largest absolute Gasteiger partial charge is 0.377 e. The third-order valence-electron chi connectivity index (χ3n) is 5.59. The van der Waals surface area contributed by atoms with E-state index in [4.69, 9.17) is 9.47 Å². The minimum Gasteiger partial charge on any atom is -0.377 e. The Kier molecular flexibility index (Phi) is 4.72. The Morgan fingerprint density at radius 2 is 2.35 bits per heavy atom. The molecule has 4 rings (SSSR count). The maximum absolute atomic E-state index is 6.14. The molecular formula is C18H28N2O2S. The van der Waals surface area contributed by atoms with E-state index in [2.05, 4.69) is 22.2 Å². The second-order valence-electron chi connectivity index (χ2n) is 7.64. The van der Waals surface area contributed by atoms with Gasteiger partial charge >= 0.3 is 0 Å². The van der Waals surface area contributed by atoms with Gasteiger partial charge in [-0.15, -0.1) is 11.3 Å². The van der Waals surface area contributed by atoms with E-state index >= 15 is 0 Å². The molecule has 2 saturated heterocycles. The maximum atomic E-state index is 6.14. The molecule has 0 aromatic carbocycles. The van der Waals surface area contributed by atoms with Crippen LogP contribution in [0.1, 0.15) is 42.8 Å². The molecule has 1 aromatic heterocycles. The molecule has 5 heteroatoms. The van der Waals surface area contributed by atoms with Gasteiger partial charge in [0.05, 0.1) is 30.0 Å². The first-order chi connectivity index (χ1) is 11.2. The molecule has 0 spiro atoms. The first kappa shape index (κ1) is 16.0. The average molecular weight is 337 g/mol. The smallest absolute Gasteiger partial charge is 0.0898 e. The van der Waals surface area contributed by atoms with Gasteiger partial charge in [-0.3, -0.25) is 0 Å². The molecule has 2 aliphatic heterocycles. The fourth-order valence-corrected chi connectivity index (χ4v) is 4.85. The molecule has 3 aliphatic rings. The molecule has 3 fully saturated rings. The number of hydrogen-bond acceptors (Lipinski definition) is 5. The van der Waals surface area contributed by atoms with Crippen molar-refractivity contribution in [1.82, 2.24) is 9.88 Å². The molecule has 2 atom stereocenters. The predicted molar refractivity (Wildman–Crippen MR) is 91.7 cm³/mol. The van der Waals surface area contributed by atoms with Gasteiger partial charge in [0.15, 0.2) is 0 Å². The summed E-state index contributed by atoms with van der Waals surface area (Å²) in [5, 5.41) is 3.23. The molecule has 0 N–H and O–H groups in total. The molecule has 3 heterocycles. The quantitative estimate of drug-likeness (QED) is 0.799. The van der Waals surface area contributed by atoms with Crippen LogP contribution < -0.4 is 0 Å². The number of rotatable bonds is 6. The fourth-order valence-electron chi connectivity index (χ4n) is 4.25. The molecule has 23 heavy (non-hydrogen) atoms. The molecule has 0 bridgehead atoms. The third-order valence-corrected chi connectivity index (χ3v) is 6.41. The Labute approximate surface area is 143 Å². The topological polar surface area (TPSA) is 34.6 Å². The Hall–Kier alpha value is -0.490. The number of hydrogen-bond donors (Lipinski definition) is 0. The number of thiazole rings is 1. The highest BCUT2D eigenvalue weighted by atomic mass is 32.1. The molecular weight excluding hydrogens is 308 g/mol. The SMILES string of the molecule is Cc1nc(COC[C@@]23CCCO[C@H]2CCN(CC2CC2)C3)cs1. The van der Waals surface area contributed by atoms with Gasteiger partial charge in [0.25, 0.3) is 0 Å². The van der Waals surface area contributed by atoms with E-state index in [9.17, 15) is 0 Å². The second kappa shape index (κ2) is 6.79. The predicted octanol–water partition coefficient (Wildman–Crippen LogP) is 3.25. The van der Waals surface area contributed by atoms with Crippen LogP contribution in [0.3, 0.4) is 0 Å². The standard InChI is InChI=1S/C18H28N2O2S/c1-14-19-16(11-23-14)10-21-13-18-6-2-8-22-17(18)5-7-20(12-18)9-15-3-4-15/h11,15,17H,2-10,12-13H2,1H3/t17-,18-/m0/s1. The van der Waals surface area contributed by atoms with E-state index in [1.807, 2.05) is 0 Å². The number of piperidine rings is 1. The molecule has 1 saturated carbocycles. The van der Waals surface area contributed by atoms with Crippen molar-refractivity contribution in [3.8, 4) is 0 Å². The zero-order valence-corrected chi connectivity index (χ0v) is 14.9. The van der Waals surface area contributed by atoms with E-state index in [1.54, 1.807) is 11.3 Å². The first-order valence-electron chi connectivity index (χ1n) is 9.06. The Morgan fingerprint density at radius 1 is 1.43 bits per heavy atom. The summed E-state index contributed by atoms with van der Waals surface area (Å²) in [4.78, 5) is 7.19. The van der Waals surface area contributed by atoms with E-state index in [0.29, 0.717) is 12.7 Å². The summed E-state index contributed by atoms with van der Waals surface area (Å²) in [6, 6.07) is 0. The minimum absolute atomic E-state index is 0.205. The van der Waals surface area contributed by atoms with Gasteiger partial charge in [0.2, 0.25) is 0 Å². The summed E-state index contributed by atoms with van der Waals surface area (Å²) in [7, 11) is 0. The highest BCUT2D eigenvalue weighted by Gasteiger charge is 2.46. The monoisotopic (exact) mass is 336 g/mol. The number of likely N-dealkylation sites (tertiary alicyclic amines) is 1. The Morgan fingerprint density at radius 3 is 3.13 bits per heavy atom. The van der Waals surface area contributed by atoms with Crippen LogP contribution in [0.25, 0.3) is 0 Å². The maximum Gasteiger partial charge on any atom is 0.0898 e. The van der Waals surface area contributed by atoms with Gasteiger partial charge in [-0.1, -0.05) is 0 Å². The molecule has 0 radical (unpaired) electrons. The van der Waals surface area contributed by atoms with Crippen molar-refractivity contribution in [3.05, 3.63) is 16.1 Å². The summed E-state index contributed by atoms with van der Waals surface area (Å²) >= 11 is 1.70. The summed E-state index contributed by atoms with van der Waals surface area (Å²) in [6.07, 6.45) is 6.85. The van der Waals surface area contributed by atoms with Crippen molar-refractivity contribution in [2.24, 2.45) is 11.3 Å². The van der Waals surface area contributed by atoms with Gasteiger partial charge < -0.3 is 14.4 Å². The zero-order chi connectivity index (χ0) is 15.7. The molecule has 1 aromatic rings. The van der Waals surface area contributed by atoms with Gasteiger partial charge in [-0.05, 0) is 44.9 Å². The van der Waals surface area contributed by atoms with Crippen LogP contribution in [0, 0.1) is 18.3 Å². The highest BCUT2D eigenvalue weighted by Crippen LogP contribution is 2.42. The van der Waals surface area contributed by atoms with Crippen LogP contribution in [0.15, 0.2) is 5.38 Å². The summed E-state index contributed by atoms with van der Waals surface area (Å²) in [5.74, 6) is 0.965. The van der Waals surface area contributed by atoms with Crippen LogP contribution in [0.2, 0.25) is 0 Å². The van der Waals surface area contributed by atoms with Crippen LogP contribution in [0.4, 0.5) is 0 Å². The molecule has 1 aliphatic carbocycles. The van der Waals surface area contributed by atoms with E-state index in [1.165, 1.54) is 45.2 Å². The van der Waals surface area contributed by atoms with E-state index in [-0.39, 0.29) is 5.41 Å². The molecule has 0 amide bonds. The lowest BCUT2D eigenvalue weighted by atomic mass is 9.73. The summed E-state index contributed by atoms with van der Waals surface area (Å²) in [5.41, 5.74) is 1.28. The van der Waals surface area contributed by atoms with Crippen LogP contribution >= 0.6 is 11.3 Å². The minimum atomic E-state index is 0.205. The molecule has 4 nitrogen and oxygen atoms in total. The highest BCUT2D eigenvalue weighted by molar-refractivity contribution is 7.09. The average Bonchev–Trinajstić information content (AvgIpc) is 3.27. The zero-order valence-electron chi connectivity index (χ0n) is 14.1. The lowest BCUT2D eigenvalue weighted by Crippen LogP contribution is -2.57. The van der Waals surface area contributed by atoms with Crippen molar-refractivity contribution in [1.29, 1.82) is 0 Å². The number of fused-ring (bicyclic) bond motifs is 1. The Bertz CT molecular complexity index is 531. The van der Waals surface area contributed by atoms with Crippen molar-refractivity contribution >= 4 is 11.3 Å². The van der Waals surface area contributed by atoms with Crippen molar-refractivity contribution < 1.29 is 9.47 Å². The van der Waals surface area contributed by atoms with Gasteiger partial charge in [0, 0.05) is 37.0 Å². The summed E-state index contributed by atoms with van der Waals surface area (Å²) in [6.45, 7) is 8.09. The number of nitrogens with zero attached hydrogens (tertiary/aromatic N) is 2.